The molecule has 1 amide bonds. The molecule has 38 heavy (non-hydrogen) atoms. The van der Waals surface area contributed by atoms with Gasteiger partial charge < -0.3 is 14.8 Å². The van der Waals surface area contributed by atoms with Crippen molar-refractivity contribution in [3.8, 4) is 11.4 Å². The lowest BCUT2D eigenvalue weighted by Crippen LogP contribution is -2.36. The number of fused-ring (bicyclic) bond motifs is 1. The fourth-order valence-electron chi connectivity index (χ4n) is 4.76. The number of aromatic nitrogens is 3. The highest BCUT2D eigenvalue weighted by molar-refractivity contribution is 6.31. The van der Waals surface area contributed by atoms with Gasteiger partial charge >= 0.3 is 0 Å². The number of nitrogens with zero attached hydrogens (tertiary/aromatic N) is 3. The number of rotatable bonds is 7. The van der Waals surface area contributed by atoms with Gasteiger partial charge in [0, 0.05) is 16.6 Å². The smallest absolute Gasteiger partial charge is 0.249 e. The van der Waals surface area contributed by atoms with Gasteiger partial charge in [0.15, 0.2) is 5.82 Å². The van der Waals surface area contributed by atoms with Crippen LogP contribution >= 0.6 is 11.6 Å². The third-order valence-electron chi connectivity index (χ3n) is 6.62. The lowest BCUT2D eigenvalue weighted by atomic mass is 10.0. The number of ether oxygens (including phenoxy) is 2. The Kier molecular flexibility index (Phi) is 7.32. The first-order valence-electron chi connectivity index (χ1n) is 12.4. The van der Waals surface area contributed by atoms with Crippen molar-refractivity contribution in [3.63, 3.8) is 0 Å². The Morgan fingerprint density at radius 2 is 2.08 bits per heavy atom. The van der Waals surface area contributed by atoms with Gasteiger partial charge in [-0.25, -0.2) is 18.4 Å². The Hall–Kier alpha value is -3.56. The van der Waals surface area contributed by atoms with E-state index in [0.717, 1.165) is 12.6 Å². The highest BCUT2D eigenvalue weighted by Crippen LogP contribution is 2.32. The maximum absolute atomic E-state index is 14.4. The highest BCUT2D eigenvalue weighted by atomic mass is 35.5. The van der Waals surface area contributed by atoms with Crippen molar-refractivity contribution in [2.24, 2.45) is 0 Å². The number of pyridine rings is 1. The number of halogens is 3. The molecule has 1 aliphatic heterocycles. The molecule has 2 aromatic carbocycles. The van der Waals surface area contributed by atoms with Crippen molar-refractivity contribution in [1.82, 2.24) is 20.1 Å². The predicted octanol–water partition coefficient (Wildman–Crippen LogP) is 5.98. The van der Waals surface area contributed by atoms with E-state index >= 15 is 0 Å². The quantitative estimate of drug-likeness (QED) is 0.312. The lowest BCUT2D eigenvalue weighted by Gasteiger charge is -2.21. The minimum atomic E-state index is -0.539. The molecule has 1 saturated heterocycles. The third-order valence-corrected chi connectivity index (χ3v) is 6.96. The fraction of sp³-hybridized carbons (Fsp3) is 0.321. The Balaban J connectivity index is 1.43. The topological polar surface area (TPSA) is 78.3 Å². The zero-order chi connectivity index (χ0) is 27.0. The Labute approximate surface area is 223 Å². The average molecular weight is 541 g/mol. The monoisotopic (exact) mass is 540 g/mol. The Morgan fingerprint density at radius 1 is 1.26 bits per heavy atom. The van der Waals surface area contributed by atoms with Crippen LogP contribution in [0, 0.1) is 18.6 Å². The van der Waals surface area contributed by atoms with Crippen molar-refractivity contribution in [1.29, 1.82) is 0 Å². The molecule has 0 radical (unpaired) electrons. The highest BCUT2D eigenvalue weighted by Gasteiger charge is 2.29. The van der Waals surface area contributed by atoms with Crippen molar-refractivity contribution in [2.45, 2.75) is 58.5 Å². The first-order chi connectivity index (χ1) is 18.2. The third kappa shape index (κ3) is 5.35. The molecule has 3 heterocycles. The van der Waals surface area contributed by atoms with Gasteiger partial charge in [-0.05, 0) is 63.4 Å². The number of aryl methyl sites for hydroxylation is 1. The number of carbonyl (C=O) groups is 1. The molecular formula is C28H27ClF2N4O3. The van der Waals surface area contributed by atoms with E-state index in [4.69, 9.17) is 21.1 Å². The van der Waals surface area contributed by atoms with Crippen molar-refractivity contribution in [2.75, 3.05) is 0 Å². The van der Waals surface area contributed by atoms with Crippen LogP contribution in [0.25, 0.3) is 16.6 Å². The van der Waals surface area contributed by atoms with Crippen LogP contribution in [0.1, 0.15) is 49.6 Å². The van der Waals surface area contributed by atoms with Crippen LogP contribution in [0.5, 0.6) is 5.75 Å². The summed E-state index contributed by atoms with van der Waals surface area (Å²) in [6.07, 6.45) is 3.38. The van der Waals surface area contributed by atoms with Gasteiger partial charge in [0.25, 0.3) is 0 Å². The molecule has 10 heteroatoms. The second-order valence-corrected chi connectivity index (χ2v) is 9.93. The normalized spacial score (nSPS) is 18.1. The van der Waals surface area contributed by atoms with E-state index in [1.807, 2.05) is 26.0 Å². The van der Waals surface area contributed by atoms with Gasteiger partial charge in [-0.2, -0.15) is 5.10 Å². The van der Waals surface area contributed by atoms with Crippen LogP contribution in [-0.2, 0) is 16.1 Å². The first kappa shape index (κ1) is 26.1. The van der Waals surface area contributed by atoms with Crippen LogP contribution in [0.3, 0.4) is 0 Å². The van der Waals surface area contributed by atoms with E-state index in [1.165, 1.54) is 23.0 Å². The van der Waals surface area contributed by atoms with E-state index in [0.29, 0.717) is 45.6 Å². The molecule has 0 aliphatic carbocycles. The summed E-state index contributed by atoms with van der Waals surface area (Å²) in [5.41, 5.74) is 2.96. The van der Waals surface area contributed by atoms with Gasteiger partial charge in [0.05, 0.1) is 35.2 Å². The summed E-state index contributed by atoms with van der Waals surface area (Å²) in [6.45, 7) is 5.53. The molecule has 3 atom stereocenters. The van der Waals surface area contributed by atoms with Crippen LogP contribution < -0.4 is 10.1 Å². The molecule has 7 nitrogen and oxygen atoms in total. The molecule has 5 rings (SSSR count). The summed E-state index contributed by atoms with van der Waals surface area (Å²) in [4.78, 5) is 17.4. The number of nitrogens with one attached hydrogen (secondary N) is 1. The predicted molar refractivity (Wildman–Crippen MR) is 139 cm³/mol. The Morgan fingerprint density at radius 3 is 2.79 bits per heavy atom. The number of hydrogen-bond donors (Lipinski definition) is 1. The largest absolute Gasteiger partial charge is 0.487 e. The SMILES string of the molecule is Cc1cc(-n2cc(F)cn2)c2cccc(OCc3c(Cl)cc(F)cc3[C@H](C)NC(=O)[C@@H]3CC[C@H](C)O3)c2n1. The molecule has 1 aliphatic rings. The van der Waals surface area contributed by atoms with Gasteiger partial charge in [-0.15, -0.1) is 0 Å². The van der Waals surface area contributed by atoms with Crippen LogP contribution in [0.15, 0.2) is 48.8 Å². The molecule has 198 valence electrons. The van der Waals surface area contributed by atoms with Crippen LogP contribution in [0.2, 0.25) is 5.02 Å². The molecule has 0 unspecified atom stereocenters. The summed E-state index contributed by atoms with van der Waals surface area (Å²) in [7, 11) is 0. The van der Waals surface area contributed by atoms with Gasteiger partial charge in [-0.1, -0.05) is 23.7 Å². The van der Waals surface area contributed by atoms with Crippen molar-refractivity contribution >= 4 is 28.4 Å². The molecule has 4 aromatic rings. The lowest BCUT2D eigenvalue weighted by molar-refractivity contribution is -0.132. The minimum absolute atomic E-state index is 0.00604. The van der Waals surface area contributed by atoms with Gasteiger partial charge in [-0.3, -0.25) is 4.79 Å². The van der Waals surface area contributed by atoms with Crippen molar-refractivity contribution in [3.05, 3.63) is 82.3 Å². The summed E-state index contributed by atoms with van der Waals surface area (Å²) in [5.74, 6) is -0.741. The van der Waals surface area contributed by atoms with Gasteiger partial charge in [0.2, 0.25) is 5.91 Å². The number of carbonyl (C=O) groups excluding carboxylic acids is 1. The number of amides is 1. The summed E-state index contributed by atoms with van der Waals surface area (Å²) in [5, 5.41) is 7.90. The number of benzene rings is 2. The standard InChI is InChI=1S/C28H27ClF2N4O3/c1-15-9-24(35-13-19(31)12-32-35)20-5-4-6-25(27(20)33-15)37-14-22-21(10-18(30)11-23(22)29)17(3)34-28(36)26-8-7-16(2)38-26/h4-6,9-13,16-17,26H,7-8,14H2,1-3H3,(H,34,36)/t16-,17-,26-/m0/s1. The Bertz CT molecular complexity index is 1510. The molecule has 0 bridgehead atoms. The van der Waals surface area contributed by atoms with E-state index in [1.54, 1.807) is 19.1 Å². The maximum atomic E-state index is 14.4. The summed E-state index contributed by atoms with van der Waals surface area (Å²) in [6, 6.07) is 9.26. The second kappa shape index (κ2) is 10.7. The second-order valence-electron chi connectivity index (χ2n) is 9.53. The number of hydrogen-bond acceptors (Lipinski definition) is 5. The first-order valence-corrected chi connectivity index (χ1v) is 12.7. The molecular weight excluding hydrogens is 514 g/mol. The molecule has 1 N–H and O–H groups in total. The molecule has 0 saturated carbocycles. The van der Waals surface area contributed by atoms with Crippen LogP contribution in [-0.4, -0.2) is 32.9 Å². The zero-order valence-corrected chi connectivity index (χ0v) is 21.9. The number of para-hydroxylation sites is 1. The molecule has 0 spiro atoms. The molecule has 1 fully saturated rings. The van der Waals surface area contributed by atoms with E-state index in [-0.39, 0.29) is 23.6 Å². The van der Waals surface area contributed by atoms with Gasteiger partial charge in [0.1, 0.15) is 29.8 Å². The zero-order valence-electron chi connectivity index (χ0n) is 21.2. The van der Waals surface area contributed by atoms with E-state index in [9.17, 15) is 13.6 Å². The fourth-order valence-corrected chi connectivity index (χ4v) is 5.03. The minimum Gasteiger partial charge on any atom is -0.487 e. The van der Waals surface area contributed by atoms with E-state index in [2.05, 4.69) is 15.4 Å². The van der Waals surface area contributed by atoms with Crippen molar-refractivity contribution < 1.29 is 23.0 Å². The van der Waals surface area contributed by atoms with Crippen LogP contribution in [0.4, 0.5) is 8.78 Å². The molecule has 2 aromatic heterocycles. The summed E-state index contributed by atoms with van der Waals surface area (Å²) < 4.78 is 41.3. The van der Waals surface area contributed by atoms with E-state index < -0.39 is 23.8 Å². The maximum Gasteiger partial charge on any atom is 0.249 e. The summed E-state index contributed by atoms with van der Waals surface area (Å²) >= 11 is 6.46. The average Bonchev–Trinajstić information content (AvgIpc) is 3.50.